The lowest BCUT2D eigenvalue weighted by Crippen LogP contribution is -2.35. The van der Waals surface area contributed by atoms with Crippen molar-refractivity contribution in [1.29, 1.82) is 0 Å². The fourth-order valence-corrected chi connectivity index (χ4v) is 2.41. The van der Waals surface area contributed by atoms with Gasteiger partial charge in [0.25, 0.3) is 0 Å². The van der Waals surface area contributed by atoms with E-state index in [4.69, 9.17) is 4.74 Å². The summed E-state index contributed by atoms with van der Waals surface area (Å²) in [7, 11) is 1.44. The Morgan fingerprint density at radius 1 is 1.74 bits per heavy atom. The van der Waals surface area contributed by atoms with Crippen molar-refractivity contribution in [2.45, 2.75) is 18.1 Å². The molecule has 5 nitrogen and oxygen atoms in total. The van der Waals surface area contributed by atoms with Gasteiger partial charge < -0.3 is 15.4 Å². The largest absolute Gasteiger partial charge is 0.381 e. The Hall–Kier alpha value is -1.05. The van der Waals surface area contributed by atoms with Crippen molar-refractivity contribution >= 4 is 27.7 Å². The normalized spacial score (nSPS) is 26.4. The molecule has 2 heterocycles. The fourth-order valence-electron chi connectivity index (χ4n) is 2.06. The van der Waals surface area contributed by atoms with E-state index in [1.807, 2.05) is 0 Å². The minimum atomic E-state index is -1.48. The number of pyridine rings is 1. The van der Waals surface area contributed by atoms with Gasteiger partial charge in [0.1, 0.15) is 16.1 Å². The summed E-state index contributed by atoms with van der Waals surface area (Å²) >= 11 is 3.22. The molecule has 1 saturated heterocycles. The molecule has 1 aliphatic heterocycles. The molecule has 0 radical (unpaired) electrons. The minimum Gasteiger partial charge on any atom is -0.381 e. The van der Waals surface area contributed by atoms with Crippen LogP contribution in [-0.2, 0) is 9.53 Å². The lowest BCUT2D eigenvalue weighted by Gasteiger charge is -2.16. The molecule has 2 unspecified atom stereocenters. The van der Waals surface area contributed by atoms with Crippen LogP contribution in [0.25, 0.3) is 0 Å². The third-order valence-corrected chi connectivity index (χ3v) is 3.36. The van der Waals surface area contributed by atoms with Crippen LogP contribution in [0.5, 0.6) is 0 Å². The van der Waals surface area contributed by atoms with E-state index in [-0.39, 0.29) is 25.5 Å². The van der Waals surface area contributed by atoms with Gasteiger partial charge in [0, 0.05) is 20.1 Å². The predicted molar refractivity (Wildman–Crippen MR) is 72.7 cm³/mol. The Morgan fingerprint density at radius 3 is 3.21 bits per heavy atom. The molecule has 19 heavy (non-hydrogen) atoms. The highest BCUT2D eigenvalue weighted by molar-refractivity contribution is 9.10. The maximum Gasteiger partial charge on any atom is 0.242 e. The number of carbonyl (C=O) groups excluding carboxylic acids is 1. The van der Waals surface area contributed by atoms with Crippen molar-refractivity contribution in [2.75, 3.05) is 25.6 Å². The van der Waals surface area contributed by atoms with Gasteiger partial charge in [-0.1, -0.05) is 6.07 Å². The van der Waals surface area contributed by atoms with Crippen LogP contribution in [0.2, 0.25) is 0 Å². The predicted octanol–water partition coefficient (Wildman–Crippen LogP) is 1.50. The summed E-state index contributed by atoms with van der Waals surface area (Å²) in [6.45, 7) is 0.101. The van der Waals surface area contributed by atoms with E-state index in [0.29, 0.717) is 10.4 Å². The summed E-state index contributed by atoms with van der Waals surface area (Å²) in [5.74, 6) is 0.144. The highest BCUT2D eigenvalue weighted by atomic mass is 79.9. The zero-order chi connectivity index (χ0) is 13.9. The van der Waals surface area contributed by atoms with Crippen molar-refractivity contribution in [3.63, 3.8) is 0 Å². The summed E-state index contributed by atoms with van der Waals surface area (Å²) in [6.07, 6.45) is 0.0979. The summed E-state index contributed by atoms with van der Waals surface area (Å²) in [5, 5.41) is 5.51. The minimum absolute atomic E-state index is 0.0150. The van der Waals surface area contributed by atoms with E-state index in [2.05, 4.69) is 31.5 Å². The van der Waals surface area contributed by atoms with E-state index in [0.717, 1.165) is 0 Å². The van der Waals surface area contributed by atoms with Crippen LogP contribution >= 0.6 is 15.9 Å². The van der Waals surface area contributed by atoms with E-state index in [1.54, 1.807) is 18.2 Å². The third-order valence-electron chi connectivity index (χ3n) is 2.92. The lowest BCUT2D eigenvalue weighted by molar-refractivity contribution is -0.118. The number of nitrogens with one attached hydrogen (secondary N) is 2. The van der Waals surface area contributed by atoms with Crippen molar-refractivity contribution < 1.29 is 13.9 Å². The average Bonchev–Trinajstić information content (AvgIpc) is 2.72. The Kier molecular flexibility index (Phi) is 4.49. The highest BCUT2D eigenvalue weighted by Crippen LogP contribution is 2.25. The second kappa shape index (κ2) is 5.94. The molecule has 104 valence electrons. The van der Waals surface area contributed by atoms with Gasteiger partial charge in [-0.25, -0.2) is 9.37 Å². The van der Waals surface area contributed by atoms with E-state index < -0.39 is 11.7 Å². The van der Waals surface area contributed by atoms with Crippen LogP contribution in [0.1, 0.15) is 6.42 Å². The van der Waals surface area contributed by atoms with Crippen LogP contribution in [0.3, 0.4) is 0 Å². The molecule has 2 atom stereocenters. The molecule has 0 saturated carbocycles. The first-order valence-electron chi connectivity index (χ1n) is 5.87. The SMILES string of the molecule is COCC1(F)CNC(C(=O)Nc2cccc(Br)n2)C1. The van der Waals surface area contributed by atoms with Crippen LogP contribution in [-0.4, -0.2) is 42.9 Å². The number of hydrogen-bond acceptors (Lipinski definition) is 4. The second-order valence-corrected chi connectivity index (χ2v) is 5.37. The molecule has 0 bridgehead atoms. The number of amides is 1. The van der Waals surface area contributed by atoms with Gasteiger partial charge in [-0.3, -0.25) is 4.79 Å². The Bertz CT molecular complexity index is 474. The lowest BCUT2D eigenvalue weighted by atomic mass is 10.0. The molecule has 1 fully saturated rings. The summed E-state index contributed by atoms with van der Waals surface area (Å²) < 4.78 is 19.6. The van der Waals surface area contributed by atoms with Crippen LogP contribution < -0.4 is 10.6 Å². The van der Waals surface area contributed by atoms with Gasteiger partial charge in [-0.2, -0.15) is 0 Å². The van der Waals surface area contributed by atoms with Gasteiger partial charge in [0.15, 0.2) is 0 Å². The molecule has 1 aliphatic rings. The summed E-state index contributed by atoms with van der Waals surface area (Å²) in [5.41, 5.74) is -1.48. The van der Waals surface area contributed by atoms with Crippen LogP contribution in [0.4, 0.5) is 10.2 Å². The molecule has 1 aromatic heterocycles. The number of halogens is 2. The van der Waals surface area contributed by atoms with Crippen LogP contribution in [0, 0.1) is 0 Å². The first kappa shape index (κ1) is 14.4. The number of anilines is 1. The van der Waals surface area contributed by atoms with Crippen molar-refractivity contribution in [1.82, 2.24) is 10.3 Å². The number of nitrogens with zero attached hydrogens (tertiary/aromatic N) is 1. The number of carbonyl (C=O) groups is 1. The molecular formula is C12H15BrFN3O2. The molecule has 1 aromatic rings. The quantitative estimate of drug-likeness (QED) is 0.821. The average molecular weight is 332 g/mol. The van der Waals surface area contributed by atoms with Gasteiger partial charge >= 0.3 is 0 Å². The first-order valence-corrected chi connectivity index (χ1v) is 6.66. The molecule has 7 heteroatoms. The first-order chi connectivity index (χ1) is 9.02. The Morgan fingerprint density at radius 2 is 2.53 bits per heavy atom. The molecular weight excluding hydrogens is 317 g/mol. The number of hydrogen-bond donors (Lipinski definition) is 2. The number of alkyl halides is 1. The number of ether oxygens (including phenoxy) is 1. The topological polar surface area (TPSA) is 63.2 Å². The molecule has 2 rings (SSSR count). The molecule has 0 aromatic carbocycles. The number of aromatic nitrogens is 1. The summed E-state index contributed by atoms with van der Waals surface area (Å²) in [4.78, 5) is 16.1. The standard InChI is InChI=1S/C12H15BrFN3O2/c1-19-7-12(14)5-8(15-6-12)11(18)17-10-4-2-3-9(13)16-10/h2-4,8,15H,5-7H2,1H3,(H,16,17,18). The van der Waals surface area contributed by atoms with Gasteiger partial charge in [-0.15, -0.1) is 0 Å². The molecule has 0 spiro atoms. The van der Waals surface area contributed by atoms with E-state index in [9.17, 15) is 9.18 Å². The van der Waals surface area contributed by atoms with Crippen molar-refractivity contribution in [3.05, 3.63) is 22.8 Å². The second-order valence-electron chi connectivity index (χ2n) is 4.56. The number of methoxy groups -OCH3 is 1. The monoisotopic (exact) mass is 331 g/mol. The van der Waals surface area contributed by atoms with Gasteiger partial charge in [0.2, 0.25) is 5.91 Å². The zero-order valence-corrected chi connectivity index (χ0v) is 12.0. The maximum atomic E-state index is 14.1. The number of rotatable bonds is 4. The summed E-state index contributed by atoms with van der Waals surface area (Å²) in [6, 6.07) is 4.63. The van der Waals surface area contributed by atoms with Crippen molar-refractivity contribution in [3.8, 4) is 0 Å². The third kappa shape index (κ3) is 3.71. The zero-order valence-electron chi connectivity index (χ0n) is 10.5. The Labute approximate surface area is 119 Å². The van der Waals surface area contributed by atoms with E-state index >= 15 is 0 Å². The highest BCUT2D eigenvalue weighted by Gasteiger charge is 2.42. The van der Waals surface area contributed by atoms with Gasteiger partial charge in [-0.05, 0) is 28.1 Å². The fraction of sp³-hybridized carbons (Fsp3) is 0.500. The molecule has 1 amide bonds. The maximum absolute atomic E-state index is 14.1. The smallest absolute Gasteiger partial charge is 0.242 e. The van der Waals surface area contributed by atoms with Crippen molar-refractivity contribution in [2.24, 2.45) is 0 Å². The van der Waals surface area contributed by atoms with Gasteiger partial charge in [0.05, 0.1) is 12.6 Å². The molecule has 0 aliphatic carbocycles. The van der Waals surface area contributed by atoms with E-state index in [1.165, 1.54) is 7.11 Å². The Balaban J connectivity index is 1.95. The molecule has 2 N–H and O–H groups in total. The van der Waals surface area contributed by atoms with Crippen LogP contribution in [0.15, 0.2) is 22.8 Å².